The van der Waals surface area contributed by atoms with Crippen LogP contribution in [0.2, 0.25) is 0 Å². The molecule has 3 heterocycles. The largest absolute Gasteiger partial charge is 0.331 e. The van der Waals surface area contributed by atoms with E-state index in [2.05, 4.69) is 31.4 Å². The molecule has 2 fully saturated rings. The summed E-state index contributed by atoms with van der Waals surface area (Å²) in [6.45, 7) is 1.70. The Morgan fingerprint density at radius 1 is 1.47 bits per heavy atom. The number of carbonyl (C=O) groups excluding carboxylic acids is 1. The maximum atomic E-state index is 12.6. The Balaban J connectivity index is 1.74. The Morgan fingerprint density at radius 3 is 3.11 bits per heavy atom. The quantitative estimate of drug-likeness (QED) is 0.837. The molecule has 0 saturated carbocycles. The number of aromatic nitrogens is 2. The summed E-state index contributed by atoms with van der Waals surface area (Å²) in [6, 6.07) is 6.61. The zero-order valence-electron chi connectivity index (χ0n) is 10.2. The van der Waals surface area contributed by atoms with E-state index in [4.69, 9.17) is 0 Å². The second kappa shape index (κ2) is 4.05. The molecule has 0 radical (unpaired) electrons. The van der Waals surface area contributed by atoms with Crippen LogP contribution in [0, 0.1) is 0 Å². The molecule has 5 nitrogen and oxygen atoms in total. The standard InChI is InChI=1S/C13H13BrN4O/c14-7-1-2-11-10(3-7)12(17-16-11)13(19)18-6-8-4-9(18)5-15-8/h1-3,8-9,15H,4-6H2,(H,16,17)/t8-,9-/m0/s1. The molecule has 19 heavy (non-hydrogen) atoms. The van der Waals surface area contributed by atoms with Gasteiger partial charge in [-0.15, -0.1) is 0 Å². The highest BCUT2D eigenvalue weighted by atomic mass is 79.9. The van der Waals surface area contributed by atoms with Gasteiger partial charge in [-0.25, -0.2) is 0 Å². The zero-order chi connectivity index (χ0) is 13.0. The highest BCUT2D eigenvalue weighted by Crippen LogP contribution is 2.27. The zero-order valence-corrected chi connectivity index (χ0v) is 11.8. The first-order chi connectivity index (χ1) is 9.22. The van der Waals surface area contributed by atoms with Crippen molar-refractivity contribution in [2.24, 2.45) is 0 Å². The van der Waals surface area contributed by atoms with Crippen LogP contribution in [0.25, 0.3) is 10.9 Å². The molecule has 2 saturated heterocycles. The van der Waals surface area contributed by atoms with E-state index in [1.54, 1.807) is 0 Å². The molecule has 1 aromatic heterocycles. The molecule has 0 aliphatic carbocycles. The molecule has 6 heteroatoms. The van der Waals surface area contributed by atoms with Gasteiger partial charge in [-0.05, 0) is 24.6 Å². The van der Waals surface area contributed by atoms with Gasteiger partial charge in [0.1, 0.15) is 0 Å². The smallest absolute Gasteiger partial charge is 0.275 e. The van der Waals surface area contributed by atoms with Gasteiger partial charge >= 0.3 is 0 Å². The van der Waals surface area contributed by atoms with Crippen LogP contribution in [-0.4, -0.2) is 46.2 Å². The maximum Gasteiger partial charge on any atom is 0.275 e. The summed E-state index contributed by atoms with van der Waals surface area (Å²) in [4.78, 5) is 14.6. The summed E-state index contributed by atoms with van der Waals surface area (Å²) >= 11 is 3.44. The van der Waals surface area contributed by atoms with Crippen LogP contribution in [0.1, 0.15) is 16.9 Å². The van der Waals surface area contributed by atoms with Crippen molar-refractivity contribution >= 4 is 32.7 Å². The van der Waals surface area contributed by atoms with Crippen molar-refractivity contribution < 1.29 is 4.79 Å². The Morgan fingerprint density at radius 2 is 2.37 bits per heavy atom. The molecule has 4 rings (SSSR count). The number of amides is 1. The highest BCUT2D eigenvalue weighted by molar-refractivity contribution is 9.10. The van der Waals surface area contributed by atoms with E-state index >= 15 is 0 Å². The first-order valence-corrected chi connectivity index (χ1v) is 7.19. The van der Waals surface area contributed by atoms with E-state index < -0.39 is 0 Å². The molecule has 0 unspecified atom stereocenters. The van der Waals surface area contributed by atoms with E-state index in [1.165, 1.54) is 0 Å². The van der Waals surface area contributed by atoms with E-state index in [1.807, 2.05) is 23.1 Å². The number of fused-ring (bicyclic) bond motifs is 3. The minimum absolute atomic E-state index is 0.0401. The van der Waals surface area contributed by atoms with Crippen LogP contribution in [-0.2, 0) is 0 Å². The van der Waals surface area contributed by atoms with E-state index in [-0.39, 0.29) is 5.91 Å². The third-order valence-electron chi connectivity index (χ3n) is 4.04. The summed E-state index contributed by atoms with van der Waals surface area (Å²) in [5.74, 6) is 0.0401. The Kier molecular flexibility index (Phi) is 2.43. The number of likely N-dealkylation sites (tertiary alicyclic amines) is 1. The lowest BCUT2D eigenvalue weighted by molar-refractivity contribution is 0.0712. The van der Waals surface area contributed by atoms with Gasteiger partial charge < -0.3 is 10.2 Å². The Labute approximate surface area is 118 Å². The van der Waals surface area contributed by atoms with Crippen LogP contribution in [0.5, 0.6) is 0 Å². The van der Waals surface area contributed by atoms with Gasteiger partial charge in [0.25, 0.3) is 5.91 Å². The summed E-state index contributed by atoms with van der Waals surface area (Å²) in [5.41, 5.74) is 1.43. The molecule has 98 valence electrons. The fraction of sp³-hybridized carbons (Fsp3) is 0.385. The molecule has 2 aromatic rings. The lowest BCUT2D eigenvalue weighted by Crippen LogP contribution is -2.46. The number of benzene rings is 1. The molecule has 0 spiro atoms. The lowest BCUT2D eigenvalue weighted by Gasteiger charge is -2.26. The normalized spacial score (nSPS) is 25.4. The van der Waals surface area contributed by atoms with Crippen molar-refractivity contribution in [3.8, 4) is 0 Å². The average Bonchev–Trinajstić information content (AvgIpc) is 3.11. The molecule has 2 aliphatic rings. The van der Waals surface area contributed by atoms with Gasteiger partial charge in [-0.2, -0.15) is 5.10 Å². The summed E-state index contributed by atoms with van der Waals surface area (Å²) in [5, 5.41) is 11.4. The minimum atomic E-state index is 0.0401. The van der Waals surface area contributed by atoms with Crippen LogP contribution in [0.15, 0.2) is 22.7 Å². The molecule has 2 bridgehead atoms. The molecular formula is C13H13BrN4O. The molecule has 2 N–H and O–H groups in total. The number of aromatic amines is 1. The number of hydrogen-bond acceptors (Lipinski definition) is 3. The Hall–Kier alpha value is -1.40. The number of nitrogens with one attached hydrogen (secondary N) is 2. The first kappa shape index (κ1) is 11.4. The van der Waals surface area contributed by atoms with Gasteiger partial charge in [-0.3, -0.25) is 9.89 Å². The van der Waals surface area contributed by atoms with Crippen LogP contribution < -0.4 is 5.32 Å². The second-order valence-corrected chi connectivity index (χ2v) is 6.13. The Bertz CT molecular complexity index is 668. The number of piperazine rings is 1. The summed E-state index contributed by atoms with van der Waals surface area (Å²) in [6.07, 6.45) is 1.07. The molecule has 2 aliphatic heterocycles. The topological polar surface area (TPSA) is 61.0 Å². The fourth-order valence-electron chi connectivity index (χ4n) is 3.09. The van der Waals surface area contributed by atoms with Crippen molar-refractivity contribution in [2.75, 3.05) is 13.1 Å². The predicted molar refractivity (Wildman–Crippen MR) is 75.0 cm³/mol. The SMILES string of the molecule is O=C(c1n[nH]c2ccc(Br)cc12)N1C[C@@H]2C[C@H]1CN2. The van der Waals surface area contributed by atoms with Crippen LogP contribution in [0.3, 0.4) is 0 Å². The predicted octanol–water partition coefficient (Wildman–Crippen LogP) is 1.51. The second-order valence-electron chi connectivity index (χ2n) is 5.21. The monoisotopic (exact) mass is 320 g/mol. The van der Waals surface area contributed by atoms with Gasteiger partial charge in [0.15, 0.2) is 5.69 Å². The fourth-order valence-corrected chi connectivity index (χ4v) is 3.46. The third kappa shape index (κ3) is 1.70. The number of H-pyrrole nitrogens is 1. The van der Waals surface area contributed by atoms with Crippen molar-refractivity contribution in [1.82, 2.24) is 20.4 Å². The first-order valence-electron chi connectivity index (χ1n) is 6.40. The van der Waals surface area contributed by atoms with Gasteiger partial charge in [0, 0.05) is 35.0 Å². The van der Waals surface area contributed by atoms with E-state index in [0.29, 0.717) is 17.8 Å². The third-order valence-corrected chi connectivity index (χ3v) is 4.54. The van der Waals surface area contributed by atoms with Crippen molar-refractivity contribution in [3.05, 3.63) is 28.4 Å². The van der Waals surface area contributed by atoms with E-state index in [0.717, 1.165) is 34.9 Å². The number of carbonyl (C=O) groups is 1. The molecule has 1 aromatic carbocycles. The number of hydrogen-bond donors (Lipinski definition) is 2. The average molecular weight is 321 g/mol. The van der Waals surface area contributed by atoms with Crippen molar-refractivity contribution in [2.45, 2.75) is 18.5 Å². The number of nitrogens with zero attached hydrogens (tertiary/aromatic N) is 2. The van der Waals surface area contributed by atoms with Crippen LogP contribution >= 0.6 is 15.9 Å². The lowest BCUT2D eigenvalue weighted by atomic mass is 10.2. The summed E-state index contributed by atoms with van der Waals surface area (Å²) < 4.78 is 0.958. The van der Waals surface area contributed by atoms with Gasteiger partial charge in [0.05, 0.1) is 5.52 Å². The minimum Gasteiger partial charge on any atom is -0.331 e. The molecule has 1 amide bonds. The van der Waals surface area contributed by atoms with Crippen molar-refractivity contribution in [3.63, 3.8) is 0 Å². The van der Waals surface area contributed by atoms with Crippen molar-refractivity contribution in [1.29, 1.82) is 0 Å². The van der Waals surface area contributed by atoms with E-state index in [9.17, 15) is 4.79 Å². The van der Waals surface area contributed by atoms with Gasteiger partial charge in [-0.1, -0.05) is 15.9 Å². The maximum absolute atomic E-state index is 12.6. The van der Waals surface area contributed by atoms with Crippen LogP contribution in [0.4, 0.5) is 0 Å². The summed E-state index contributed by atoms with van der Waals surface area (Å²) in [7, 11) is 0. The molecular weight excluding hydrogens is 308 g/mol. The number of rotatable bonds is 1. The number of halogens is 1. The van der Waals surface area contributed by atoms with Gasteiger partial charge in [0.2, 0.25) is 0 Å². The highest BCUT2D eigenvalue weighted by Gasteiger charge is 2.41. The molecule has 2 atom stereocenters.